The lowest BCUT2D eigenvalue weighted by Gasteiger charge is -2.07. The molecule has 0 aliphatic heterocycles. The predicted octanol–water partition coefficient (Wildman–Crippen LogP) is 1.90. The molecule has 0 atom stereocenters. The van der Waals surface area contributed by atoms with Gasteiger partial charge in [0.25, 0.3) is 0 Å². The standard InChI is InChI=1S/C14H17N3O3S/c1-2-7-17-13(20)15-16-14(17)21-9-11-6-4-3-5-10(11)8-12(18)19/h3-6H,2,7-9H2,1H3,(H,15,20)(H,18,19). The van der Waals surface area contributed by atoms with Gasteiger partial charge in [0.2, 0.25) is 0 Å². The fourth-order valence-electron chi connectivity index (χ4n) is 2.01. The number of thioether (sulfide) groups is 1. The van der Waals surface area contributed by atoms with E-state index in [9.17, 15) is 9.59 Å². The van der Waals surface area contributed by atoms with Crippen molar-refractivity contribution in [1.29, 1.82) is 0 Å². The number of carboxylic acid groups (broad SMARTS) is 1. The average Bonchev–Trinajstić information content (AvgIpc) is 2.79. The number of nitrogens with zero attached hydrogens (tertiary/aromatic N) is 2. The number of aromatic amines is 1. The number of aliphatic carboxylic acids is 1. The van der Waals surface area contributed by atoms with Gasteiger partial charge in [-0.25, -0.2) is 9.89 Å². The van der Waals surface area contributed by atoms with Gasteiger partial charge in [0.05, 0.1) is 6.42 Å². The summed E-state index contributed by atoms with van der Waals surface area (Å²) in [4.78, 5) is 22.5. The van der Waals surface area contributed by atoms with E-state index < -0.39 is 5.97 Å². The summed E-state index contributed by atoms with van der Waals surface area (Å²) in [6.45, 7) is 2.62. The van der Waals surface area contributed by atoms with Crippen LogP contribution in [0.2, 0.25) is 0 Å². The zero-order chi connectivity index (χ0) is 15.2. The van der Waals surface area contributed by atoms with E-state index in [1.54, 1.807) is 4.57 Å². The molecule has 2 N–H and O–H groups in total. The average molecular weight is 307 g/mol. The Kier molecular flexibility index (Phi) is 5.21. The molecule has 0 aliphatic rings. The third-order valence-corrected chi connectivity index (χ3v) is 4.01. The Morgan fingerprint density at radius 3 is 2.76 bits per heavy atom. The maximum absolute atomic E-state index is 11.6. The van der Waals surface area contributed by atoms with Crippen molar-refractivity contribution >= 4 is 17.7 Å². The second kappa shape index (κ2) is 7.12. The van der Waals surface area contributed by atoms with Crippen LogP contribution in [0.15, 0.2) is 34.2 Å². The molecule has 7 heteroatoms. The Hall–Kier alpha value is -2.02. The van der Waals surface area contributed by atoms with Crippen LogP contribution in [0.25, 0.3) is 0 Å². The number of hydrogen-bond donors (Lipinski definition) is 2. The SMILES string of the molecule is CCCn1c(SCc2ccccc2CC(=O)O)n[nH]c1=O. The summed E-state index contributed by atoms with van der Waals surface area (Å²) in [5.41, 5.74) is 1.53. The second-order valence-electron chi connectivity index (χ2n) is 4.59. The monoisotopic (exact) mass is 307 g/mol. The van der Waals surface area contributed by atoms with Gasteiger partial charge < -0.3 is 5.11 Å². The Bertz CT molecular complexity index is 678. The molecular weight excluding hydrogens is 290 g/mol. The Labute approximate surface area is 126 Å². The van der Waals surface area contributed by atoms with Crippen LogP contribution < -0.4 is 5.69 Å². The van der Waals surface area contributed by atoms with E-state index in [0.29, 0.717) is 17.5 Å². The number of hydrogen-bond acceptors (Lipinski definition) is 4. The first-order valence-electron chi connectivity index (χ1n) is 6.68. The number of benzene rings is 1. The first-order chi connectivity index (χ1) is 10.1. The quantitative estimate of drug-likeness (QED) is 0.763. The number of aromatic nitrogens is 3. The van der Waals surface area contributed by atoms with Crippen LogP contribution >= 0.6 is 11.8 Å². The van der Waals surface area contributed by atoms with Crippen LogP contribution in [0.1, 0.15) is 24.5 Å². The largest absolute Gasteiger partial charge is 0.481 e. The number of carboxylic acids is 1. The van der Waals surface area contributed by atoms with E-state index in [1.165, 1.54) is 11.8 Å². The molecule has 21 heavy (non-hydrogen) atoms. The van der Waals surface area contributed by atoms with Crippen molar-refractivity contribution in [3.8, 4) is 0 Å². The smallest absolute Gasteiger partial charge is 0.343 e. The van der Waals surface area contributed by atoms with Crippen LogP contribution in [0.5, 0.6) is 0 Å². The second-order valence-corrected chi connectivity index (χ2v) is 5.53. The summed E-state index contributed by atoms with van der Waals surface area (Å²) in [6.07, 6.45) is 0.849. The molecule has 0 radical (unpaired) electrons. The van der Waals surface area contributed by atoms with Gasteiger partial charge in [-0.15, -0.1) is 5.10 Å². The van der Waals surface area contributed by atoms with E-state index >= 15 is 0 Å². The van der Waals surface area contributed by atoms with Crippen molar-refractivity contribution in [1.82, 2.24) is 14.8 Å². The van der Waals surface area contributed by atoms with Crippen LogP contribution in [-0.4, -0.2) is 25.8 Å². The summed E-state index contributed by atoms with van der Waals surface area (Å²) in [5, 5.41) is 16.0. The highest BCUT2D eigenvalue weighted by Gasteiger charge is 2.11. The molecule has 0 spiro atoms. The van der Waals surface area contributed by atoms with E-state index in [4.69, 9.17) is 5.11 Å². The van der Waals surface area contributed by atoms with Crippen LogP contribution in [0, 0.1) is 0 Å². The van der Waals surface area contributed by atoms with Crippen LogP contribution in [0.3, 0.4) is 0 Å². The maximum Gasteiger partial charge on any atom is 0.343 e. The van der Waals surface area contributed by atoms with Crippen molar-refractivity contribution in [3.05, 3.63) is 45.9 Å². The molecular formula is C14H17N3O3S. The molecule has 0 bridgehead atoms. The van der Waals surface area contributed by atoms with E-state index in [0.717, 1.165) is 17.5 Å². The number of carbonyl (C=O) groups is 1. The molecule has 1 aromatic heterocycles. The van der Waals surface area contributed by atoms with Crippen molar-refractivity contribution < 1.29 is 9.90 Å². The van der Waals surface area contributed by atoms with Crippen molar-refractivity contribution in [2.24, 2.45) is 0 Å². The van der Waals surface area contributed by atoms with Gasteiger partial charge in [0, 0.05) is 12.3 Å². The van der Waals surface area contributed by atoms with Crippen molar-refractivity contribution in [2.75, 3.05) is 0 Å². The summed E-state index contributed by atoms with van der Waals surface area (Å²) in [7, 11) is 0. The fourth-order valence-corrected chi connectivity index (χ4v) is 3.02. The van der Waals surface area contributed by atoms with Gasteiger partial charge in [-0.2, -0.15) is 0 Å². The van der Waals surface area contributed by atoms with Gasteiger partial charge in [0.1, 0.15) is 0 Å². The number of nitrogens with one attached hydrogen (secondary N) is 1. The Morgan fingerprint density at radius 2 is 2.10 bits per heavy atom. The summed E-state index contributed by atoms with van der Waals surface area (Å²) >= 11 is 1.43. The molecule has 2 aromatic rings. The zero-order valence-corrected chi connectivity index (χ0v) is 12.5. The van der Waals surface area contributed by atoms with E-state index in [2.05, 4.69) is 10.2 Å². The van der Waals surface area contributed by atoms with Gasteiger partial charge in [-0.1, -0.05) is 43.0 Å². The molecule has 0 saturated carbocycles. The highest BCUT2D eigenvalue weighted by atomic mass is 32.2. The van der Waals surface area contributed by atoms with Crippen molar-refractivity contribution in [2.45, 2.75) is 37.2 Å². The van der Waals surface area contributed by atoms with E-state index in [1.807, 2.05) is 31.2 Å². The topological polar surface area (TPSA) is 88.0 Å². The molecule has 112 valence electrons. The summed E-state index contributed by atoms with van der Waals surface area (Å²) in [5.74, 6) is -0.271. The van der Waals surface area contributed by atoms with Gasteiger partial charge >= 0.3 is 11.7 Å². The molecule has 1 aromatic carbocycles. The first kappa shape index (κ1) is 15.4. The summed E-state index contributed by atoms with van der Waals surface area (Å²) < 4.78 is 1.60. The highest BCUT2D eigenvalue weighted by molar-refractivity contribution is 7.98. The minimum atomic E-state index is -0.852. The van der Waals surface area contributed by atoms with Crippen LogP contribution in [-0.2, 0) is 23.5 Å². The number of rotatable bonds is 7. The molecule has 1 heterocycles. The zero-order valence-electron chi connectivity index (χ0n) is 11.7. The molecule has 2 rings (SSSR count). The molecule has 0 amide bonds. The summed E-state index contributed by atoms with van der Waals surface area (Å²) in [6, 6.07) is 7.42. The van der Waals surface area contributed by atoms with Gasteiger partial charge in [-0.3, -0.25) is 9.36 Å². The minimum Gasteiger partial charge on any atom is -0.481 e. The third-order valence-electron chi connectivity index (χ3n) is 2.99. The molecule has 0 fully saturated rings. The normalized spacial score (nSPS) is 10.7. The number of H-pyrrole nitrogens is 1. The van der Waals surface area contributed by atoms with E-state index in [-0.39, 0.29) is 12.1 Å². The predicted molar refractivity (Wildman–Crippen MR) is 80.5 cm³/mol. The minimum absolute atomic E-state index is 0.000928. The fraction of sp³-hybridized carbons (Fsp3) is 0.357. The van der Waals surface area contributed by atoms with Crippen LogP contribution in [0.4, 0.5) is 0 Å². The lowest BCUT2D eigenvalue weighted by atomic mass is 10.1. The Balaban J connectivity index is 2.13. The lowest BCUT2D eigenvalue weighted by molar-refractivity contribution is -0.136. The third kappa shape index (κ3) is 3.98. The molecule has 0 saturated heterocycles. The highest BCUT2D eigenvalue weighted by Crippen LogP contribution is 2.22. The molecule has 6 nitrogen and oxygen atoms in total. The maximum atomic E-state index is 11.6. The van der Waals surface area contributed by atoms with Gasteiger partial charge in [-0.05, 0) is 17.5 Å². The first-order valence-corrected chi connectivity index (χ1v) is 7.67. The lowest BCUT2D eigenvalue weighted by Crippen LogP contribution is -2.17. The van der Waals surface area contributed by atoms with Gasteiger partial charge in [0.15, 0.2) is 5.16 Å². The Morgan fingerprint density at radius 1 is 1.38 bits per heavy atom. The van der Waals surface area contributed by atoms with Crippen molar-refractivity contribution in [3.63, 3.8) is 0 Å². The molecule has 0 aliphatic carbocycles. The molecule has 0 unspecified atom stereocenters.